The molecule has 104 valence electrons. The minimum Gasteiger partial charge on any atom is -0.353 e. The highest BCUT2D eigenvalue weighted by atomic mass is 16.2. The highest BCUT2D eigenvalue weighted by molar-refractivity contribution is 5.74. The van der Waals surface area contributed by atoms with Crippen LogP contribution in [0.3, 0.4) is 0 Å². The van der Waals surface area contributed by atoms with Gasteiger partial charge in [0.1, 0.15) is 5.82 Å². The molecule has 2 heterocycles. The van der Waals surface area contributed by atoms with Crippen molar-refractivity contribution in [2.75, 3.05) is 45.2 Å². The number of anilines is 1. The van der Waals surface area contributed by atoms with Crippen molar-refractivity contribution in [2.24, 2.45) is 5.73 Å². The van der Waals surface area contributed by atoms with Crippen LogP contribution in [0, 0.1) is 0 Å². The number of hydrogen-bond donors (Lipinski definition) is 1. The first-order valence-corrected chi connectivity index (χ1v) is 6.48. The molecule has 1 aliphatic rings. The lowest BCUT2D eigenvalue weighted by Gasteiger charge is -2.36. The molecule has 0 unspecified atom stereocenters. The van der Waals surface area contributed by atoms with E-state index in [-0.39, 0.29) is 6.03 Å². The van der Waals surface area contributed by atoms with Gasteiger partial charge in [0.25, 0.3) is 0 Å². The van der Waals surface area contributed by atoms with Crippen LogP contribution in [0.15, 0.2) is 18.3 Å². The van der Waals surface area contributed by atoms with E-state index >= 15 is 0 Å². The number of carbonyl (C=O) groups excluding carboxylic acids is 1. The topological polar surface area (TPSA) is 65.7 Å². The lowest BCUT2D eigenvalue weighted by Crippen LogP contribution is -2.51. The molecule has 1 aliphatic heterocycles. The van der Waals surface area contributed by atoms with Crippen LogP contribution in [-0.4, -0.2) is 61.1 Å². The summed E-state index contributed by atoms with van der Waals surface area (Å²) in [5, 5.41) is 0. The van der Waals surface area contributed by atoms with Crippen molar-refractivity contribution in [3.05, 3.63) is 23.9 Å². The highest BCUT2D eigenvalue weighted by Crippen LogP contribution is 2.14. The summed E-state index contributed by atoms with van der Waals surface area (Å²) < 4.78 is 0. The van der Waals surface area contributed by atoms with Gasteiger partial charge in [-0.3, -0.25) is 0 Å². The molecule has 0 bridgehead atoms. The predicted molar refractivity (Wildman–Crippen MR) is 75.0 cm³/mol. The molecular weight excluding hydrogens is 242 g/mol. The molecule has 6 heteroatoms. The van der Waals surface area contributed by atoms with Crippen molar-refractivity contribution < 1.29 is 4.79 Å². The molecule has 0 saturated carbocycles. The first-order chi connectivity index (χ1) is 9.11. The number of amides is 2. The Kier molecular flexibility index (Phi) is 4.21. The van der Waals surface area contributed by atoms with Crippen LogP contribution >= 0.6 is 0 Å². The molecule has 0 aliphatic carbocycles. The van der Waals surface area contributed by atoms with Crippen LogP contribution in [0.1, 0.15) is 5.56 Å². The van der Waals surface area contributed by atoms with Gasteiger partial charge >= 0.3 is 6.03 Å². The second kappa shape index (κ2) is 5.88. The third-order valence-electron chi connectivity index (χ3n) is 3.30. The zero-order valence-corrected chi connectivity index (χ0v) is 11.5. The molecule has 0 radical (unpaired) electrons. The normalized spacial score (nSPS) is 15.5. The Morgan fingerprint density at radius 2 is 2.00 bits per heavy atom. The predicted octanol–water partition coefficient (Wildman–Crippen LogP) is 0.344. The van der Waals surface area contributed by atoms with E-state index in [4.69, 9.17) is 5.73 Å². The van der Waals surface area contributed by atoms with E-state index in [0.717, 1.165) is 37.6 Å². The van der Waals surface area contributed by atoms with Gasteiger partial charge in [0.2, 0.25) is 0 Å². The Labute approximate surface area is 113 Å². The van der Waals surface area contributed by atoms with Crippen molar-refractivity contribution in [1.82, 2.24) is 14.8 Å². The van der Waals surface area contributed by atoms with Crippen molar-refractivity contribution >= 4 is 11.8 Å². The Bertz CT molecular complexity index is 423. The summed E-state index contributed by atoms with van der Waals surface area (Å²) in [6.07, 6.45) is 1.81. The molecule has 6 nitrogen and oxygen atoms in total. The molecule has 0 aromatic carbocycles. The Morgan fingerprint density at radius 3 is 2.47 bits per heavy atom. The molecule has 1 aromatic heterocycles. The molecule has 2 amide bonds. The van der Waals surface area contributed by atoms with E-state index < -0.39 is 0 Å². The van der Waals surface area contributed by atoms with Gasteiger partial charge in [-0.05, 0) is 11.6 Å². The van der Waals surface area contributed by atoms with Gasteiger partial charge in [-0.1, -0.05) is 6.07 Å². The average molecular weight is 263 g/mol. The van der Waals surface area contributed by atoms with Crippen molar-refractivity contribution in [3.8, 4) is 0 Å². The molecule has 1 saturated heterocycles. The maximum atomic E-state index is 11.8. The fraction of sp³-hybridized carbons (Fsp3) is 0.538. The first kappa shape index (κ1) is 13.6. The maximum Gasteiger partial charge on any atom is 0.319 e. The fourth-order valence-corrected chi connectivity index (χ4v) is 2.13. The van der Waals surface area contributed by atoms with Crippen LogP contribution in [0.25, 0.3) is 0 Å². The monoisotopic (exact) mass is 263 g/mol. The van der Waals surface area contributed by atoms with E-state index in [0.29, 0.717) is 6.54 Å². The minimum atomic E-state index is 0.0751. The van der Waals surface area contributed by atoms with Crippen molar-refractivity contribution in [1.29, 1.82) is 0 Å². The fourth-order valence-electron chi connectivity index (χ4n) is 2.13. The van der Waals surface area contributed by atoms with Crippen LogP contribution in [-0.2, 0) is 6.54 Å². The van der Waals surface area contributed by atoms with E-state index in [2.05, 4.69) is 9.88 Å². The van der Waals surface area contributed by atoms with Gasteiger partial charge in [-0.15, -0.1) is 0 Å². The van der Waals surface area contributed by atoms with Crippen LogP contribution in [0.4, 0.5) is 10.6 Å². The molecule has 1 fully saturated rings. The second-order valence-electron chi connectivity index (χ2n) is 4.88. The SMILES string of the molecule is CN(C)C(=O)N1CCN(c2ccc(CN)cn2)CC1. The lowest BCUT2D eigenvalue weighted by atomic mass is 10.2. The zero-order chi connectivity index (χ0) is 13.8. The number of carbonyl (C=O) groups is 1. The second-order valence-corrected chi connectivity index (χ2v) is 4.88. The van der Waals surface area contributed by atoms with E-state index in [1.165, 1.54) is 0 Å². The van der Waals surface area contributed by atoms with E-state index in [9.17, 15) is 4.79 Å². The van der Waals surface area contributed by atoms with Crippen LogP contribution in [0.5, 0.6) is 0 Å². The lowest BCUT2D eigenvalue weighted by molar-refractivity contribution is 0.168. The number of pyridine rings is 1. The number of nitrogens with two attached hydrogens (primary N) is 1. The van der Waals surface area contributed by atoms with Crippen molar-refractivity contribution in [3.63, 3.8) is 0 Å². The smallest absolute Gasteiger partial charge is 0.319 e. The summed E-state index contributed by atoms with van der Waals surface area (Å²) in [6.45, 7) is 3.61. The number of aromatic nitrogens is 1. The van der Waals surface area contributed by atoms with Crippen LogP contribution < -0.4 is 10.6 Å². The number of urea groups is 1. The molecule has 1 aromatic rings. The van der Waals surface area contributed by atoms with Gasteiger partial charge in [0.05, 0.1) is 0 Å². The molecule has 2 N–H and O–H groups in total. The minimum absolute atomic E-state index is 0.0751. The van der Waals surface area contributed by atoms with Gasteiger partial charge in [-0.25, -0.2) is 9.78 Å². The number of hydrogen-bond acceptors (Lipinski definition) is 4. The van der Waals surface area contributed by atoms with Gasteiger partial charge in [-0.2, -0.15) is 0 Å². The summed E-state index contributed by atoms with van der Waals surface area (Å²) in [6, 6.07) is 4.07. The summed E-state index contributed by atoms with van der Waals surface area (Å²) in [4.78, 5) is 21.9. The standard InChI is InChI=1S/C13H21N5O/c1-16(2)13(19)18-7-5-17(6-8-18)12-4-3-11(9-14)10-15-12/h3-4,10H,5-9,14H2,1-2H3. The molecule has 2 rings (SSSR count). The van der Waals surface area contributed by atoms with Gasteiger partial charge in [0, 0.05) is 53.0 Å². The Balaban J connectivity index is 1.94. The van der Waals surface area contributed by atoms with Gasteiger partial charge in [0.15, 0.2) is 0 Å². The summed E-state index contributed by atoms with van der Waals surface area (Å²) in [5.74, 6) is 0.953. The van der Waals surface area contributed by atoms with Gasteiger partial charge < -0.3 is 20.4 Å². The average Bonchev–Trinajstić information content (AvgIpc) is 2.46. The number of piperazine rings is 1. The first-order valence-electron chi connectivity index (χ1n) is 6.48. The van der Waals surface area contributed by atoms with Crippen molar-refractivity contribution in [2.45, 2.75) is 6.54 Å². The summed E-state index contributed by atoms with van der Waals surface area (Å²) >= 11 is 0. The summed E-state index contributed by atoms with van der Waals surface area (Å²) in [5.41, 5.74) is 6.59. The molecular formula is C13H21N5O. The Hall–Kier alpha value is -1.82. The largest absolute Gasteiger partial charge is 0.353 e. The van der Waals surface area contributed by atoms with E-state index in [1.54, 1.807) is 19.0 Å². The molecule has 19 heavy (non-hydrogen) atoms. The molecule has 0 spiro atoms. The zero-order valence-electron chi connectivity index (χ0n) is 11.5. The number of rotatable bonds is 2. The number of nitrogens with zero attached hydrogens (tertiary/aromatic N) is 4. The van der Waals surface area contributed by atoms with E-state index in [1.807, 2.05) is 23.2 Å². The summed E-state index contributed by atoms with van der Waals surface area (Å²) in [7, 11) is 3.56. The third-order valence-corrected chi connectivity index (χ3v) is 3.30. The quantitative estimate of drug-likeness (QED) is 0.836. The molecule has 0 atom stereocenters. The van der Waals surface area contributed by atoms with Crippen LogP contribution in [0.2, 0.25) is 0 Å². The maximum absolute atomic E-state index is 11.8. The Morgan fingerprint density at radius 1 is 1.32 bits per heavy atom. The third kappa shape index (κ3) is 3.14. The highest BCUT2D eigenvalue weighted by Gasteiger charge is 2.22.